The van der Waals surface area contributed by atoms with Gasteiger partial charge in [-0.15, -0.1) is 24.0 Å². The quantitative estimate of drug-likeness (QED) is 0.381. The van der Waals surface area contributed by atoms with Crippen LogP contribution < -0.4 is 5.32 Å². The lowest BCUT2D eigenvalue weighted by molar-refractivity contribution is 0.0169. The molecular formula is C22H35IN4O2. The van der Waals surface area contributed by atoms with Crippen LogP contribution in [-0.2, 0) is 9.47 Å². The summed E-state index contributed by atoms with van der Waals surface area (Å²) >= 11 is 0. The van der Waals surface area contributed by atoms with E-state index in [9.17, 15) is 0 Å². The first-order chi connectivity index (χ1) is 13.7. The van der Waals surface area contributed by atoms with Crippen molar-refractivity contribution in [3.63, 3.8) is 0 Å². The molecule has 1 aromatic rings. The average Bonchev–Trinajstić information content (AvgIpc) is 3.36. The third-order valence-corrected chi connectivity index (χ3v) is 6.50. The number of morpholine rings is 1. The molecule has 1 N–H and O–H groups in total. The van der Waals surface area contributed by atoms with Crippen LogP contribution in [-0.4, -0.2) is 82.0 Å². The van der Waals surface area contributed by atoms with Gasteiger partial charge in [-0.2, -0.15) is 0 Å². The molecule has 4 rings (SSSR count). The molecule has 7 heteroatoms. The SMILES string of the molecule is CN=C(NCC(c1cccc(C)c1)N1CCOCC1)N1CCC2(CCOC2)C1.I. The van der Waals surface area contributed by atoms with Gasteiger partial charge in [0, 0.05) is 51.8 Å². The fourth-order valence-electron chi connectivity index (χ4n) is 4.83. The minimum absolute atomic E-state index is 0. The van der Waals surface area contributed by atoms with E-state index in [2.05, 4.69) is 51.3 Å². The molecule has 3 heterocycles. The van der Waals surface area contributed by atoms with Gasteiger partial charge in [-0.05, 0) is 25.3 Å². The van der Waals surface area contributed by atoms with E-state index in [1.807, 2.05) is 7.05 Å². The number of hydrogen-bond donors (Lipinski definition) is 1. The highest BCUT2D eigenvalue weighted by Gasteiger charge is 2.42. The normalized spacial score (nSPS) is 26.6. The molecule has 0 radical (unpaired) electrons. The second kappa shape index (κ2) is 10.4. The first-order valence-electron chi connectivity index (χ1n) is 10.6. The molecule has 1 aromatic carbocycles. The number of aliphatic imine (C=N–C) groups is 1. The van der Waals surface area contributed by atoms with Crippen LogP contribution in [0.1, 0.15) is 30.0 Å². The number of nitrogens with one attached hydrogen (secondary N) is 1. The van der Waals surface area contributed by atoms with Crippen LogP contribution >= 0.6 is 24.0 Å². The third-order valence-electron chi connectivity index (χ3n) is 6.50. The van der Waals surface area contributed by atoms with Crippen molar-refractivity contribution < 1.29 is 9.47 Å². The Morgan fingerprint density at radius 3 is 2.69 bits per heavy atom. The van der Waals surface area contributed by atoms with Crippen molar-refractivity contribution in [1.29, 1.82) is 0 Å². The Labute approximate surface area is 192 Å². The third kappa shape index (κ3) is 5.42. The molecule has 162 valence electrons. The first-order valence-corrected chi connectivity index (χ1v) is 10.6. The average molecular weight is 514 g/mol. The summed E-state index contributed by atoms with van der Waals surface area (Å²) in [5, 5.41) is 3.69. The minimum Gasteiger partial charge on any atom is -0.381 e. The molecule has 29 heavy (non-hydrogen) atoms. The number of guanidine groups is 1. The summed E-state index contributed by atoms with van der Waals surface area (Å²) in [6.07, 6.45) is 2.39. The van der Waals surface area contributed by atoms with Gasteiger partial charge in [0.2, 0.25) is 0 Å². The van der Waals surface area contributed by atoms with Crippen molar-refractivity contribution in [2.75, 3.05) is 66.2 Å². The summed E-state index contributed by atoms with van der Waals surface area (Å²) in [5.74, 6) is 1.02. The smallest absolute Gasteiger partial charge is 0.193 e. The Bertz CT molecular complexity index is 687. The molecule has 0 amide bonds. The van der Waals surface area contributed by atoms with Gasteiger partial charge in [0.1, 0.15) is 0 Å². The van der Waals surface area contributed by atoms with Crippen LogP contribution in [0.4, 0.5) is 0 Å². The summed E-state index contributed by atoms with van der Waals surface area (Å²) < 4.78 is 11.3. The number of rotatable bonds is 4. The fraction of sp³-hybridized carbons (Fsp3) is 0.682. The van der Waals surface area contributed by atoms with Crippen molar-refractivity contribution in [3.8, 4) is 0 Å². The Balaban J connectivity index is 0.00000240. The lowest BCUT2D eigenvalue weighted by atomic mass is 9.87. The highest BCUT2D eigenvalue weighted by atomic mass is 127. The largest absolute Gasteiger partial charge is 0.381 e. The van der Waals surface area contributed by atoms with Crippen LogP contribution in [0.5, 0.6) is 0 Å². The van der Waals surface area contributed by atoms with Gasteiger partial charge in [-0.25, -0.2) is 0 Å². The van der Waals surface area contributed by atoms with Crippen molar-refractivity contribution in [2.24, 2.45) is 10.4 Å². The maximum absolute atomic E-state index is 5.69. The summed E-state index contributed by atoms with van der Waals surface area (Å²) in [5.41, 5.74) is 3.02. The zero-order valence-electron chi connectivity index (χ0n) is 17.7. The van der Waals surface area contributed by atoms with E-state index in [4.69, 9.17) is 9.47 Å². The Morgan fingerprint density at radius 2 is 2.00 bits per heavy atom. The van der Waals surface area contributed by atoms with Crippen molar-refractivity contribution in [3.05, 3.63) is 35.4 Å². The standard InChI is InChI=1S/C22H34N4O2.HI/c1-18-4-3-5-19(14-18)20(25-9-12-27-13-10-25)15-24-21(23-2)26-8-6-22(16-26)7-11-28-17-22;/h3-5,14,20H,6-13,15-17H2,1-2H3,(H,23,24);1H. The fourth-order valence-corrected chi connectivity index (χ4v) is 4.83. The second-order valence-electron chi connectivity index (χ2n) is 8.48. The maximum atomic E-state index is 5.69. The van der Waals surface area contributed by atoms with Gasteiger partial charge in [-0.1, -0.05) is 29.8 Å². The predicted octanol–water partition coefficient (Wildman–Crippen LogP) is 2.67. The van der Waals surface area contributed by atoms with E-state index in [1.54, 1.807) is 0 Å². The summed E-state index contributed by atoms with van der Waals surface area (Å²) in [6.45, 7) is 10.5. The monoisotopic (exact) mass is 514 g/mol. The molecule has 1 spiro atoms. The first kappa shape index (κ1) is 22.8. The Morgan fingerprint density at radius 1 is 1.17 bits per heavy atom. The van der Waals surface area contributed by atoms with Crippen LogP contribution in [0.3, 0.4) is 0 Å². The number of likely N-dealkylation sites (tertiary alicyclic amines) is 1. The van der Waals surface area contributed by atoms with E-state index < -0.39 is 0 Å². The van der Waals surface area contributed by atoms with E-state index in [-0.39, 0.29) is 24.0 Å². The molecule has 0 bridgehead atoms. The van der Waals surface area contributed by atoms with Gasteiger partial charge >= 0.3 is 0 Å². The summed E-state index contributed by atoms with van der Waals surface area (Å²) in [7, 11) is 1.90. The van der Waals surface area contributed by atoms with Crippen LogP contribution in [0.2, 0.25) is 0 Å². The number of aryl methyl sites for hydroxylation is 1. The van der Waals surface area contributed by atoms with Crippen LogP contribution in [0.25, 0.3) is 0 Å². The number of nitrogens with zero attached hydrogens (tertiary/aromatic N) is 3. The topological polar surface area (TPSA) is 49.3 Å². The molecule has 3 aliphatic rings. The molecule has 0 aromatic heterocycles. The minimum atomic E-state index is 0. The number of hydrogen-bond acceptors (Lipinski definition) is 4. The number of ether oxygens (including phenoxy) is 2. The van der Waals surface area contributed by atoms with Gasteiger partial charge in [0.05, 0.1) is 25.9 Å². The Kier molecular flexibility index (Phi) is 8.18. The van der Waals surface area contributed by atoms with Crippen LogP contribution in [0, 0.1) is 12.3 Å². The van der Waals surface area contributed by atoms with E-state index in [0.29, 0.717) is 11.5 Å². The summed E-state index contributed by atoms with van der Waals surface area (Å²) in [6, 6.07) is 9.22. The van der Waals surface area contributed by atoms with Gasteiger partial charge in [-0.3, -0.25) is 9.89 Å². The highest BCUT2D eigenvalue weighted by Crippen LogP contribution is 2.38. The molecule has 6 nitrogen and oxygen atoms in total. The van der Waals surface area contributed by atoms with E-state index in [1.165, 1.54) is 24.0 Å². The second-order valence-corrected chi connectivity index (χ2v) is 8.48. The molecule has 3 saturated heterocycles. The van der Waals surface area contributed by atoms with Crippen molar-refractivity contribution >= 4 is 29.9 Å². The number of benzene rings is 1. The molecule has 0 saturated carbocycles. The zero-order valence-corrected chi connectivity index (χ0v) is 20.1. The Hall–Kier alpha value is -0.900. The lowest BCUT2D eigenvalue weighted by Gasteiger charge is -2.36. The van der Waals surface area contributed by atoms with Gasteiger partial charge in [0.15, 0.2) is 5.96 Å². The maximum Gasteiger partial charge on any atom is 0.193 e. The molecule has 3 fully saturated rings. The molecular weight excluding hydrogens is 479 g/mol. The molecule has 3 aliphatic heterocycles. The predicted molar refractivity (Wildman–Crippen MR) is 127 cm³/mol. The lowest BCUT2D eigenvalue weighted by Crippen LogP contribution is -2.47. The van der Waals surface area contributed by atoms with Crippen molar-refractivity contribution in [1.82, 2.24) is 15.1 Å². The van der Waals surface area contributed by atoms with E-state index >= 15 is 0 Å². The number of halogens is 1. The van der Waals surface area contributed by atoms with Crippen LogP contribution in [0.15, 0.2) is 29.3 Å². The zero-order chi connectivity index (χ0) is 19.4. The highest BCUT2D eigenvalue weighted by molar-refractivity contribution is 14.0. The molecule has 2 atom stereocenters. The van der Waals surface area contributed by atoms with Gasteiger partial charge < -0.3 is 19.7 Å². The van der Waals surface area contributed by atoms with Gasteiger partial charge in [0.25, 0.3) is 0 Å². The summed E-state index contributed by atoms with van der Waals surface area (Å²) in [4.78, 5) is 9.55. The van der Waals surface area contributed by atoms with E-state index in [0.717, 1.165) is 65.1 Å². The molecule has 2 unspecified atom stereocenters. The van der Waals surface area contributed by atoms with Crippen molar-refractivity contribution in [2.45, 2.75) is 25.8 Å². The molecule has 0 aliphatic carbocycles.